The predicted octanol–water partition coefficient (Wildman–Crippen LogP) is 3.68. The second-order valence-electron chi connectivity index (χ2n) is 9.21. The van der Waals surface area contributed by atoms with Crippen molar-refractivity contribution in [2.75, 3.05) is 49.5 Å². The summed E-state index contributed by atoms with van der Waals surface area (Å²) in [4.78, 5) is 20.6. The summed E-state index contributed by atoms with van der Waals surface area (Å²) in [6.45, 7) is 5.19. The molecule has 0 radical (unpaired) electrons. The maximum absolute atomic E-state index is 13.9. The number of pyridine rings is 1. The number of aromatic nitrogens is 1. The van der Waals surface area contributed by atoms with E-state index in [9.17, 15) is 13.6 Å². The number of hydrogen-bond acceptors (Lipinski definition) is 5. The van der Waals surface area contributed by atoms with Crippen LogP contribution in [-0.4, -0.2) is 61.0 Å². The van der Waals surface area contributed by atoms with Crippen LogP contribution in [0, 0.1) is 0 Å². The van der Waals surface area contributed by atoms with Crippen LogP contribution in [0.1, 0.15) is 36.0 Å². The number of carbonyl (C=O) groups excluding carboxylic acids is 1. The van der Waals surface area contributed by atoms with Crippen LogP contribution < -0.4 is 15.0 Å². The largest absolute Gasteiger partial charge is 0.478 e. The number of alkyl halides is 2. The van der Waals surface area contributed by atoms with E-state index in [1.807, 2.05) is 30.3 Å². The molecule has 3 heterocycles. The third kappa shape index (κ3) is 5.11. The highest BCUT2D eigenvalue weighted by Gasteiger charge is 2.39. The van der Waals surface area contributed by atoms with Gasteiger partial charge in [-0.25, -0.2) is 8.78 Å². The molecule has 0 saturated carbocycles. The number of halogens is 2. The lowest BCUT2D eigenvalue weighted by Crippen LogP contribution is -2.47. The van der Waals surface area contributed by atoms with E-state index in [0.29, 0.717) is 24.7 Å². The third-order valence-electron chi connectivity index (χ3n) is 6.80. The van der Waals surface area contributed by atoms with Gasteiger partial charge in [0, 0.05) is 57.2 Å². The Kier molecular flexibility index (Phi) is 6.19. The molecule has 1 aromatic carbocycles. The van der Waals surface area contributed by atoms with Crippen molar-refractivity contribution in [3.05, 3.63) is 47.0 Å². The number of anilines is 2. The Hall–Kier alpha value is -2.74. The van der Waals surface area contributed by atoms with E-state index in [0.717, 1.165) is 74.4 Å². The first-order valence-electron chi connectivity index (χ1n) is 11.9. The van der Waals surface area contributed by atoms with Crippen LogP contribution in [0.5, 0.6) is 5.88 Å². The number of hydrogen-bond donors (Lipinski definition) is 1. The summed E-state index contributed by atoms with van der Waals surface area (Å²) in [6, 6.07) is 9.58. The normalized spacial score (nSPS) is 19.7. The highest BCUT2D eigenvalue weighted by atomic mass is 19.3. The molecule has 6 nitrogen and oxygen atoms in total. The number of benzene rings is 1. The molecule has 2 aliphatic heterocycles. The minimum Gasteiger partial charge on any atom is -0.478 e. The third-order valence-corrected chi connectivity index (χ3v) is 6.80. The fourth-order valence-electron chi connectivity index (χ4n) is 5.02. The molecule has 1 aromatic heterocycles. The molecule has 3 aliphatic rings. The number of aryl methyl sites for hydroxylation is 1. The number of nitrogens with zero attached hydrogens (tertiary/aromatic N) is 3. The van der Waals surface area contributed by atoms with Crippen LogP contribution >= 0.6 is 0 Å². The number of unbranched alkanes of at least 4 members (excludes halogenated alkanes) is 1. The topological polar surface area (TPSA) is 57.7 Å². The molecular formula is C25H30F2N4O2. The number of fused-ring (bicyclic) bond motifs is 2. The Morgan fingerprint density at radius 1 is 1.00 bits per heavy atom. The standard InChI is InChI=1S/C25H30F2N4O2/c26-25(27)16-19-4-3-5-21(20(19)17-25)31-13-11-30(12-14-31)10-1-2-15-33-23-9-7-18-6-8-22(32)28-24(18)29-23/h3-5,7,9H,1-2,6,8,10-17H2,(H,28,29,32). The maximum Gasteiger partial charge on any atom is 0.256 e. The second kappa shape index (κ2) is 9.25. The van der Waals surface area contributed by atoms with Gasteiger partial charge >= 0.3 is 0 Å². The van der Waals surface area contributed by atoms with E-state index in [1.165, 1.54) is 0 Å². The van der Waals surface area contributed by atoms with Gasteiger partial charge in [0.15, 0.2) is 0 Å². The van der Waals surface area contributed by atoms with Crippen molar-refractivity contribution < 1.29 is 18.3 Å². The molecule has 33 heavy (non-hydrogen) atoms. The van der Waals surface area contributed by atoms with Crippen molar-refractivity contribution >= 4 is 17.4 Å². The highest BCUT2D eigenvalue weighted by Crippen LogP contribution is 2.39. The van der Waals surface area contributed by atoms with Gasteiger partial charge in [0.25, 0.3) is 5.92 Å². The molecule has 1 fully saturated rings. The summed E-state index contributed by atoms with van der Waals surface area (Å²) in [5, 5.41) is 2.80. The second-order valence-corrected chi connectivity index (χ2v) is 9.21. The van der Waals surface area contributed by atoms with Gasteiger partial charge in [-0.05, 0) is 54.6 Å². The molecule has 0 atom stereocenters. The first-order chi connectivity index (χ1) is 16.0. The number of amides is 1. The Labute approximate surface area is 192 Å². The van der Waals surface area contributed by atoms with Crippen LogP contribution in [0.3, 0.4) is 0 Å². The van der Waals surface area contributed by atoms with E-state index in [1.54, 1.807) is 0 Å². The molecule has 5 rings (SSSR count). The summed E-state index contributed by atoms with van der Waals surface area (Å²) in [5.41, 5.74) is 3.68. The average Bonchev–Trinajstić information content (AvgIpc) is 3.13. The summed E-state index contributed by atoms with van der Waals surface area (Å²) in [6.07, 6.45) is 2.91. The summed E-state index contributed by atoms with van der Waals surface area (Å²) in [5.74, 6) is -1.44. The molecule has 0 unspecified atom stereocenters. The smallest absolute Gasteiger partial charge is 0.256 e. The Bertz CT molecular complexity index is 1020. The zero-order valence-corrected chi connectivity index (χ0v) is 18.8. The number of nitrogens with one attached hydrogen (secondary N) is 1. The molecule has 1 saturated heterocycles. The predicted molar refractivity (Wildman–Crippen MR) is 123 cm³/mol. The number of rotatable bonds is 7. The van der Waals surface area contributed by atoms with Gasteiger partial charge in [0.2, 0.25) is 11.8 Å². The van der Waals surface area contributed by atoms with Crippen LogP contribution in [0.4, 0.5) is 20.3 Å². The van der Waals surface area contributed by atoms with Crippen molar-refractivity contribution in [3.8, 4) is 5.88 Å². The summed E-state index contributed by atoms with van der Waals surface area (Å²) >= 11 is 0. The molecular weight excluding hydrogens is 426 g/mol. The SMILES string of the molecule is O=C1CCc2ccc(OCCCCN3CCN(c4cccc5c4CC(F)(F)C5)CC3)nc2N1. The van der Waals surface area contributed by atoms with E-state index in [4.69, 9.17) is 4.74 Å². The minimum atomic E-state index is -2.61. The van der Waals surface area contributed by atoms with Crippen molar-refractivity contribution in [3.63, 3.8) is 0 Å². The Balaban J connectivity index is 1.04. The first kappa shape index (κ1) is 22.1. The lowest BCUT2D eigenvalue weighted by molar-refractivity contribution is -0.116. The van der Waals surface area contributed by atoms with Gasteiger partial charge < -0.3 is 15.0 Å². The van der Waals surface area contributed by atoms with Crippen LogP contribution in [-0.2, 0) is 24.1 Å². The van der Waals surface area contributed by atoms with Crippen LogP contribution in [0.25, 0.3) is 0 Å². The average molecular weight is 457 g/mol. The zero-order chi connectivity index (χ0) is 22.8. The molecule has 0 bridgehead atoms. The highest BCUT2D eigenvalue weighted by molar-refractivity contribution is 5.92. The number of piperazine rings is 1. The van der Waals surface area contributed by atoms with E-state index in [-0.39, 0.29) is 18.7 Å². The molecule has 1 amide bonds. The van der Waals surface area contributed by atoms with Gasteiger partial charge in [-0.3, -0.25) is 9.69 Å². The van der Waals surface area contributed by atoms with Gasteiger partial charge in [-0.2, -0.15) is 4.98 Å². The number of ether oxygens (including phenoxy) is 1. The van der Waals surface area contributed by atoms with E-state index < -0.39 is 5.92 Å². The number of carbonyl (C=O) groups is 1. The van der Waals surface area contributed by atoms with Crippen molar-refractivity contribution in [2.24, 2.45) is 0 Å². The lowest BCUT2D eigenvalue weighted by atomic mass is 10.1. The lowest BCUT2D eigenvalue weighted by Gasteiger charge is -2.37. The van der Waals surface area contributed by atoms with Crippen molar-refractivity contribution in [1.82, 2.24) is 9.88 Å². The Morgan fingerprint density at radius 3 is 2.70 bits per heavy atom. The fraction of sp³-hybridized carbons (Fsp3) is 0.520. The van der Waals surface area contributed by atoms with Crippen LogP contribution in [0.2, 0.25) is 0 Å². The Morgan fingerprint density at radius 2 is 1.85 bits per heavy atom. The van der Waals surface area contributed by atoms with Crippen molar-refractivity contribution in [1.29, 1.82) is 0 Å². The van der Waals surface area contributed by atoms with Gasteiger partial charge in [-0.1, -0.05) is 12.1 Å². The minimum absolute atomic E-state index is 0.00170. The van der Waals surface area contributed by atoms with Gasteiger partial charge in [0.1, 0.15) is 5.82 Å². The quantitative estimate of drug-likeness (QED) is 0.645. The molecule has 2 aromatic rings. The molecule has 176 valence electrons. The summed E-state index contributed by atoms with van der Waals surface area (Å²) in [7, 11) is 0. The molecule has 8 heteroatoms. The van der Waals surface area contributed by atoms with E-state index >= 15 is 0 Å². The molecule has 1 aliphatic carbocycles. The van der Waals surface area contributed by atoms with Crippen LogP contribution in [0.15, 0.2) is 30.3 Å². The molecule has 0 spiro atoms. The summed E-state index contributed by atoms with van der Waals surface area (Å²) < 4.78 is 33.6. The molecule has 1 N–H and O–H groups in total. The zero-order valence-electron chi connectivity index (χ0n) is 18.8. The fourth-order valence-corrected chi connectivity index (χ4v) is 5.02. The first-order valence-corrected chi connectivity index (χ1v) is 11.9. The van der Waals surface area contributed by atoms with E-state index in [2.05, 4.69) is 20.1 Å². The maximum atomic E-state index is 13.9. The monoisotopic (exact) mass is 456 g/mol. The van der Waals surface area contributed by atoms with Crippen molar-refractivity contribution in [2.45, 2.75) is 44.4 Å². The van der Waals surface area contributed by atoms with Gasteiger partial charge in [-0.15, -0.1) is 0 Å². The van der Waals surface area contributed by atoms with Gasteiger partial charge in [0.05, 0.1) is 6.61 Å².